The molecule has 0 aliphatic carbocycles. The molecule has 0 aromatic heterocycles. The lowest BCUT2D eigenvalue weighted by molar-refractivity contribution is 0.0104. The molecule has 0 fully saturated rings. The Balaban J connectivity index is 3.28. The summed E-state index contributed by atoms with van der Waals surface area (Å²) in [5.74, 6) is 0. The average Bonchev–Trinajstić information content (AvgIpc) is 2.22. The van der Waals surface area contributed by atoms with E-state index < -0.39 is 0 Å². The van der Waals surface area contributed by atoms with Crippen molar-refractivity contribution in [2.75, 3.05) is 20.3 Å². The van der Waals surface area contributed by atoms with Gasteiger partial charge in [0.25, 0.3) is 0 Å². The van der Waals surface area contributed by atoms with Crippen molar-refractivity contribution >= 4 is 0 Å². The van der Waals surface area contributed by atoms with Crippen molar-refractivity contribution in [1.29, 1.82) is 0 Å². The third-order valence-electron chi connectivity index (χ3n) is 2.48. The normalized spacial score (nSPS) is 13.1. The smallest absolute Gasteiger partial charge is 0.0704 e. The molecule has 14 heavy (non-hydrogen) atoms. The molecule has 1 unspecified atom stereocenters. The molecule has 2 nitrogen and oxygen atoms in total. The molecular weight excluding hydrogens is 176 g/mol. The van der Waals surface area contributed by atoms with Crippen molar-refractivity contribution in [3.8, 4) is 0 Å². The second-order valence-electron chi connectivity index (χ2n) is 3.74. The second-order valence-corrected chi connectivity index (χ2v) is 3.74. The molecule has 2 heteroatoms. The van der Waals surface area contributed by atoms with Crippen LogP contribution in [-0.2, 0) is 9.47 Å². The minimum atomic E-state index is 0.446. The van der Waals surface area contributed by atoms with E-state index in [9.17, 15) is 0 Å². The fraction of sp³-hybridized carbons (Fsp3) is 1.00. The van der Waals surface area contributed by atoms with E-state index in [0.29, 0.717) is 12.7 Å². The Morgan fingerprint density at radius 3 is 2.36 bits per heavy atom. The van der Waals surface area contributed by atoms with Gasteiger partial charge in [0.1, 0.15) is 0 Å². The number of rotatable bonds is 10. The van der Waals surface area contributed by atoms with Crippen LogP contribution in [0.15, 0.2) is 0 Å². The molecule has 0 radical (unpaired) electrons. The van der Waals surface area contributed by atoms with E-state index in [2.05, 4.69) is 13.8 Å². The number of ether oxygens (including phenoxy) is 2. The van der Waals surface area contributed by atoms with Crippen molar-refractivity contribution < 1.29 is 9.47 Å². The van der Waals surface area contributed by atoms with Gasteiger partial charge in [-0.2, -0.15) is 0 Å². The van der Waals surface area contributed by atoms with Crippen LogP contribution in [0.4, 0.5) is 0 Å². The number of methoxy groups -OCH3 is 1. The van der Waals surface area contributed by atoms with Crippen molar-refractivity contribution in [2.24, 2.45) is 0 Å². The van der Waals surface area contributed by atoms with Crippen LogP contribution in [0.5, 0.6) is 0 Å². The van der Waals surface area contributed by atoms with E-state index >= 15 is 0 Å². The van der Waals surface area contributed by atoms with Crippen molar-refractivity contribution in [2.45, 2.75) is 58.5 Å². The van der Waals surface area contributed by atoms with Gasteiger partial charge < -0.3 is 9.47 Å². The fourth-order valence-corrected chi connectivity index (χ4v) is 1.50. The van der Waals surface area contributed by atoms with Crippen molar-refractivity contribution in [3.05, 3.63) is 0 Å². The molecular formula is C12H26O2. The van der Waals surface area contributed by atoms with Gasteiger partial charge >= 0.3 is 0 Å². The lowest BCUT2D eigenvalue weighted by Crippen LogP contribution is -2.15. The highest BCUT2D eigenvalue weighted by Crippen LogP contribution is 2.10. The van der Waals surface area contributed by atoms with Gasteiger partial charge in [0.15, 0.2) is 0 Å². The molecule has 1 atom stereocenters. The molecule has 0 aliphatic heterocycles. The van der Waals surface area contributed by atoms with Gasteiger partial charge in [0.2, 0.25) is 0 Å². The Morgan fingerprint density at radius 1 is 1.00 bits per heavy atom. The third-order valence-corrected chi connectivity index (χ3v) is 2.48. The van der Waals surface area contributed by atoms with E-state index in [1.807, 2.05) is 0 Å². The van der Waals surface area contributed by atoms with Gasteiger partial charge in [-0.25, -0.2) is 0 Å². The zero-order valence-corrected chi connectivity index (χ0v) is 10.1. The third kappa shape index (κ3) is 8.52. The highest BCUT2D eigenvalue weighted by atomic mass is 16.5. The topological polar surface area (TPSA) is 18.5 Å². The summed E-state index contributed by atoms with van der Waals surface area (Å²) in [4.78, 5) is 0. The van der Waals surface area contributed by atoms with Crippen molar-refractivity contribution in [3.63, 3.8) is 0 Å². The van der Waals surface area contributed by atoms with E-state index in [4.69, 9.17) is 9.47 Å². The predicted octanol–water partition coefficient (Wildman–Crippen LogP) is 3.40. The SMILES string of the molecule is CCCCCCC(CC)OCCOC. The first-order valence-electron chi connectivity index (χ1n) is 5.95. The van der Waals surface area contributed by atoms with Crippen LogP contribution in [0.2, 0.25) is 0 Å². The highest BCUT2D eigenvalue weighted by molar-refractivity contribution is 4.56. The Kier molecular flexibility index (Phi) is 10.9. The summed E-state index contributed by atoms with van der Waals surface area (Å²) in [7, 11) is 1.71. The van der Waals surface area contributed by atoms with Crippen LogP contribution in [0.3, 0.4) is 0 Å². The average molecular weight is 202 g/mol. The molecule has 0 amide bonds. The van der Waals surface area contributed by atoms with Gasteiger partial charge in [0.05, 0.1) is 19.3 Å². The van der Waals surface area contributed by atoms with Gasteiger partial charge in [-0.15, -0.1) is 0 Å². The second kappa shape index (κ2) is 11.0. The standard InChI is InChI=1S/C12H26O2/c1-4-6-7-8-9-12(5-2)14-11-10-13-3/h12H,4-11H2,1-3H3. The van der Waals surface area contributed by atoms with Gasteiger partial charge in [0, 0.05) is 7.11 Å². The largest absolute Gasteiger partial charge is 0.382 e. The lowest BCUT2D eigenvalue weighted by Gasteiger charge is -2.15. The first-order chi connectivity index (χ1) is 6.85. The molecule has 0 saturated heterocycles. The van der Waals surface area contributed by atoms with Gasteiger partial charge in [-0.05, 0) is 12.8 Å². The minimum Gasteiger partial charge on any atom is -0.382 e. The van der Waals surface area contributed by atoms with Crippen LogP contribution < -0.4 is 0 Å². The summed E-state index contributed by atoms with van der Waals surface area (Å²) >= 11 is 0. The molecule has 0 spiro atoms. The monoisotopic (exact) mass is 202 g/mol. The molecule has 0 heterocycles. The number of hydrogen-bond acceptors (Lipinski definition) is 2. The molecule has 0 saturated carbocycles. The summed E-state index contributed by atoms with van der Waals surface area (Å²) in [6.45, 7) is 5.89. The van der Waals surface area contributed by atoms with Crippen LogP contribution in [0.1, 0.15) is 52.4 Å². The molecule has 0 rings (SSSR count). The molecule has 0 aliphatic rings. The van der Waals surface area contributed by atoms with Crippen LogP contribution in [0, 0.1) is 0 Å². The molecule has 0 N–H and O–H groups in total. The molecule has 86 valence electrons. The van der Waals surface area contributed by atoms with E-state index in [1.54, 1.807) is 7.11 Å². The predicted molar refractivity (Wildman–Crippen MR) is 60.7 cm³/mol. The number of hydrogen-bond donors (Lipinski definition) is 0. The molecule has 0 bridgehead atoms. The van der Waals surface area contributed by atoms with Crippen molar-refractivity contribution in [1.82, 2.24) is 0 Å². The summed E-state index contributed by atoms with van der Waals surface area (Å²) < 4.78 is 10.6. The summed E-state index contributed by atoms with van der Waals surface area (Å²) in [6, 6.07) is 0. The maximum absolute atomic E-state index is 5.69. The fourth-order valence-electron chi connectivity index (χ4n) is 1.50. The summed E-state index contributed by atoms with van der Waals surface area (Å²) in [5.41, 5.74) is 0. The minimum absolute atomic E-state index is 0.446. The summed E-state index contributed by atoms with van der Waals surface area (Å²) in [6.07, 6.45) is 8.09. The Morgan fingerprint density at radius 2 is 1.79 bits per heavy atom. The van der Waals surface area contributed by atoms with Crippen LogP contribution in [0.25, 0.3) is 0 Å². The zero-order valence-electron chi connectivity index (χ0n) is 10.1. The zero-order chi connectivity index (χ0) is 10.6. The molecule has 0 aromatic carbocycles. The Bertz CT molecular complexity index is 104. The maximum atomic E-state index is 5.69. The lowest BCUT2D eigenvalue weighted by atomic mass is 10.1. The Labute approximate surface area is 89.0 Å². The van der Waals surface area contributed by atoms with Gasteiger partial charge in [-0.1, -0.05) is 39.5 Å². The van der Waals surface area contributed by atoms with E-state index in [0.717, 1.165) is 13.0 Å². The number of unbranched alkanes of at least 4 members (excludes halogenated alkanes) is 3. The summed E-state index contributed by atoms with van der Waals surface area (Å²) in [5, 5.41) is 0. The van der Waals surface area contributed by atoms with Gasteiger partial charge in [-0.3, -0.25) is 0 Å². The van der Waals surface area contributed by atoms with E-state index in [-0.39, 0.29) is 0 Å². The molecule has 0 aromatic rings. The van der Waals surface area contributed by atoms with Crippen LogP contribution >= 0.6 is 0 Å². The van der Waals surface area contributed by atoms with Crippen LogP contribution in [-0.4, -0.2) is 26.4 Å². The maximum Gasteiger partial charge on any atom is 0.0704 e. The Hall–Kier alpha value is -0.0800. The highest BCUT2D eigenvalue weighted by Gasteiger charge is 2.05. The quantitative estimate of drug-likeness (QED) is 0.505. The first kappa shape index (κ1) is 13.9. The first-order valence-corrected chi connectivity index (χ1v) is 5.95. The van der Waals surface area contributed by atoms with E-state index in [1.165, 1.54) is 32.1 Å².